The van der Waals surface area contributed by atoms with E-state index < -0.39 is 0 Å². The van der Waals surface area contributed by atoms with Gasteiger partial charge in [0.2, 0.25) is 0 Å². The summed E-state index contributed by atoms with van der Waals surface area (Å²) in [4.78, 5) is 6.58. The number of hydrogen-bond donors (Lipinski definition) is 1. The molecule has 3 rings (SSSR count). The molecule has 2 aliphatic heterocycles. The molecule has 1 N–H and O–H groups in total. The van der Waals surface area contributed by atoms with Gasteiger partial charge in [-0.2, -0.15) is 0 Å². The second-order valence-electron chi connectivity index (χ2n) is 6.64. The van der Waals surface area contributed by atoms with E-state index in [4.69, 9.17) is 4.74 Å². The zero-order valence-electron chi connectivity index (χ0n) is 13.7. The van der Waals surface area contributed by atoms with Crippen molar-refractivity contribution in [2.75, 3.05) is 24.6 Å². The van der Waals surface area contributed by atoms with E-state index in [0.717, 1.165) is 19.7 Å². The zero-order chi connectivity index (χ0) is 15.2. The lowest BCUT2D eigenvalue weighted by Gasteiger charge is -2.38. The number of piperidine rings is 1. The van der Waals surface area contributed by atoms with E-state index in [1.807, 2.05) is 12.4 Å². The summed E-state index contributed by atoms with van der Waals surface area (Å²) in [5.41, 5.74) is 1.31. The number of hydrogen-bond acceptors (Lipinski definition) is 4. The van der Waals surface area contributed by atoms with E-state index in [-0.39, 0.29) is 0 Å². The largest absolute Gasteiger partial charge is 0.378 e. The van der Waals surface area contributed by atoms with E-state index in [1.54, 1.807) is 0 Å². The first-order valence-electron chi connectivity index (χ1n) is 8.87. The fourth-order valence-corrected chi connectivity index (χ4v) is 3.75. The summed E-state index contributed by atoms with van der Waals surface area (Å²) >= 11 is 0. The summed E-state index contributed by atoms with van der Waals surface area (Å²) in [6.45, 7) is 5.46. The van der Waals surface area contributed by atoms with Crippen LogP contribution in [-0.2, 0) is 4.74 Å². The van der Waals surface area contributed by atoms with Gasteiger partial charge in [-0.3, -0.25) is 4.98 Å². The summed E-state index contributed by atoms with van der Waals surface area (Å²) in [6.07, 6.45) is 11.5. The lowest BCUT2D eigenvalue weighted by molar-refractivity contribution is -0.00547. The summed E-state index contributed by atoms with van der Waals surface area (Å²) in [7, 11) is 0. The third kappa shape index (κ3) is 4.20. The lowest BCUT2D eigenvalue weighted by Crippen LogP contribution is -2.49. The highest BCUT2D eigenvalue weighted by Gasteiger charge is 2.26. The van der Waals surface area contributed by atoms with Gasteiger partial charge in [-0.15, -0.1) is 0 Å². The summed E-state index contributed by atoms with van der Waals surface area (Å²) in [6, 6.07) is 5.55. The Hall–Kier alpha value is -1.13. The van der Waals surface area contributed by atoms with Crippen LogP contribution in [0.3, 0.4) is 0 Å². The minimum Gasteiger partial charge on any atom is -0.378 e. The summed E-state index contributed by atoms with van der Waals surface area (Å²) < 4.78 is 5.86. The van der Waals surface area contributed by atoms with Gasteiger partial charge in [0.25, 0.3) is 0 Å². The number of aromatic nitrogens is 1. The molecular weight excluding hydrogens is 274 g/mol. The number of nitrogens with one attached hydrogen (secondary N) is 1. The second-order valence-corrected chi connectivity index (χ2v) is 6.64. The molecule has 4 nitrogen and oxygen atoms in total. The number of rotatable bonds is 5. The van der Waals surface area contributed by atoms with Crippen LogP contribution in [0.2, 0.25) is 0 Å². The van der Waals surface area contributed by atoms with Crippen LogP contribution in [0.4, 0.5) is 5.69 Å². The smallest absolute Gasteiger partial charge is 0.0589 e. The maximum absolute atomic E-state index is 5.86. The molecule has 2 atom stereocenters. The Morgan fingerprint density at radius 2 is 1.95 bits per heavy atom. The van der Waals surface area contributed by atoms with Gasteiger partial charge in [0.15, 0.2) is 0 Å². The Morgan fingerprint density at radius 1 is 1.18 bits per heavy atom. The number of nitrogens with zero attached hydrogens (tertiary/aromatic N) is 2. The standard InChI is InChI=1S/C18H29N3O/c1-2-3-18-14-16(8-13-22-18)20-15-6-11-21(12-7-15)17-4-9-19-10-5-17/h4-5,9-10,15-16,18,20H,2-3,6-8,11-14H2,1H3. The zero-order valence-corrected chi connectivity index (χ0v) is 13.7. The SMILES string of the molecule is CCCC1CC(NC2CCN(c3ccncc3)CC2)CCO1. The molecule has 2 unspecified atom stereocenters. The molecule has 0 aliphatic carbocycles. The van der Waals surface area contributed by atoms with Gasteiger partial charge in [0.1, 0.15) is 0 Å². The van der Waals surface area contributed by atoms with E-state index in [2.05, 4.69) is 34.3 Å². The molecule has 0 radical (unpaired) electrons. The molecule has 1 aromatic heterocycles. The van der Waals surface area contributed by atoms with Crippen molar-refractivity contribution in [3.63, 3.8) is 0 Å². The van der Waals surface area contributed by atoms with E-state index >= 15 is 0 Å². The Bertz CT molecular complexity index is 429. The molecule has 1 aromatic rings. The van der Waals surface area contributed by atoms with E-state index in [9.17, 15) is 0 Å². The predicted molar refractivity (Wildman–Crippen MR) is 90.3 cm³/mol. The summed E-state index contributed by atoms with van der Waals surface area (Å²) in [5.74, 6) is 0. The molecule has 0 amide bonds. The molecule has 122 valence electrons. The van der Waals surface area contributed by atoms with Crippen molar-refractivity contribution < 1.29 is 4.74 Å². The molecule has 0 saturated carbocycles. The quantitative estimate of drug-likeness (QED) is 0.907. The van der Waals surface area contributed by atoms with Crippen molar-refractivity contribution >= 4 is 5.69 Å². The van der Waals surface area contributed by atoms with Gasteiger partial charge < -0.3 is 15.0 Å². The Balaban J connectivity index is 1.44. The number of pyridine rings is 1. The van der Waals surface area contributed by atoms with Crippen LogP contribution in [0.25, 0.3) is 0 Å². The minimum absolute atomic E-state index is 0.480. The van der Waals surface area contributed by atoms with Crippen LogP contribution in [0.15, 0.2) is 24.5 Å². The normalized spacial score (nSPS) is 27.0. The Kier molecular flexibility index (Phi) is 5.68. The van der Waals surface area contributed by atoms with Gasteiger partial charge in [0, 0.05) is 49.9 Å². The molecule has 22 heavy (non-hydrogen) atoms. The maximum atomic E-state index is 5.86. The molecule has 0 spiro atoms. The third-order valence-electron chi connectivity index (χ3n) is 4.97. The second kappa shape index (κ2) is 7.93. The fourth-order valence-electron chi connectivity index (χ4n) is 3.75. The van der Waals surface area contributed by atoms with Gasteiger partial charge in [-0.25, -0.2) is 0 Å². The lowest BCUT2D eigenvalue weighted by atomic mass is 9.97. The first-order valence-corrected chi connectivity index (χ1v) is 8.87. The van der Waals surface area contributed by atoms with Gasteiger partial charge in [0.05, 0.1) is 6.10 Å². The Labute approximate surface area is 134 Å². The molecule has 0 aromatic carbocycles. The van der Waals surface area contributed by atoms with Crippen LogP contribution in [-0.4, -0.2) is 42.9 Å². The molecule has 0 bridgehead atoms. The van der Waals surface area contributed by atoms with Crippen molar-refractivity contribution in [2.24, 2.45) is 0 Å². The van der Waals surface area contributed by atoms with Crippen LogP contribution >= 0.6 is 0 Å². The predicted octanol–water partition coefficient (Wildman–Crippen LogP) is 2.99. The molecule has 3 heterocycles. The van der Waals surface area contributed by atoms with E-state index in [0.29, 0.717) is 18.2 Å². The van der Waals surface area contributed by atoms with Crippen LogP contribution in [0.1, 0.15) is 45.4 Å². The summed E-state index contributed by atoms with van der Waals surface area (Å²) in [5, 5.41) is 3.90. The average Bonchev–Trinajstić information content (AvgIpc) is 2.57. The van der Waals surface area contributed by atoms with Gasteiger partial charge in [-0.05, 0) is 44.2 Å². The van der Waals surface area contributed by atoms with Crippen LogP contribution in [0, 0.1) is 0 Å². The highest BCUT2D eigenvalue weighted by molar-refractivity contribution is 5.44. The maximum Gasteiger partial charge on any atom is 0.0589 e. The monoisotopic (exact) mass is 303 g/mol. The number of ether oxygens (including phenoxy) is 1. The number of anilines is 1. The van der Waals surface area contributed by atoms with Crippen molar-refractivity contribution in [3.05, 3.63) is 24.5 Å². The molecule has 2 aliphatic rings. The molecule has 2 fully saturated rings. The highest BCUT2D eigenvalue weighted by atomic mass is 16.5. The van der Waals surface area contributed by atoms with Crippen LogP contribution < -0.4 is 10.2 Å². The molecule has 2 saturated heterocycles. The molecular formula is C18H29N3O. The molecule has 4 heteroatoms. The first-order chi connectivity index (χ1) is 10.8. The van der Waals surface area contributed by atoms with Crippen molar-refractivity contribution in [1.29, 1.82) is 0 Å². The Morgan fingerprint density at radius 3 is 2.68 bits per heavy atom. The van der Waals surface area contributed by atoms with Crippen molar-refractivity contribution in [1.82, 2.24) is 10.3 Å². The topological polar surface area (TPSA) is 37.4 Å². The van der Waals surface area contributed by atoms with Crippen molar-refractivity contribution in [2.45, 2.75) is 63.6 Å². The van der Waals surface area contributed by atoms with Crippen molar-refractivity contribution in [3.8, 4) is 0 Å². The fraction of sp³-hybridized carbons (Fsp3) is 0.722. The van der Waals surface area contributed by atoms with E-state index in [1.165, 1.54) is 44.2 Å². The van der Waals surface area contributed by atoms with Gasteiger partial charge in [-0.1, -0.05) is 13.3 Å². The highest BCUT2D eigenvalue weighted by Crippen LogP contribution is 2.22. The first kappa shape index (κ1) is 15.8. The van der Waals surface area contributed by atoms with Crippen LogP contribution in [0.5, 0.6) is 0 Å². The van der Waals surface area contributed by atoms with Gasteiger partial charge >= 0.3 is 0 Å². The third-order valence-corrected chi connectivity index (χ3v) is 4.97. The minimum atomic E-state index is 0.480. The average molecular weight is 303 g/mol.